The summed E-state index contributed by atoms with van der Waals surface area (Å²) in [6.45, 7) is 6.77. The second-order valence-corrected chi connectivity index (χ2v) is 12.0. The van der Waals surface area contributed by atoms with Crippen LogP contribution in [0.2, 0.25) is 19.6 Å². The van der Waals surface area contributed by atoms with E-state index in [-0.39, 0.29) is 16.8 Å². The molecular formula is C16H24F2N2O2Si. The van der Waals surface area contributed by atoms with E-state index < -0.39 is 31.7 Å². The van der Waals surface area contributed by atoms with Crippen LogP contribution in [-0.2, 0) is 9.53 Å². The van der Waals surface area contributed by atoms with Crippen molar-refractivity contribution in [2.24, 2.45) is 11.7 Å². The van der Waals surface area contributed by atoms with Crippen molar-refractivity contribution < 1.29 is 18.3 Å². The van der Waals surface area contributed by atoms with Crippen LogP contribution < -0.4 is 16.2 Å². The zero-order chi connectivity index (χ0) is 17.2. The molecule has 0 aromatic heterocycles. The Labute approximate surface area is 136 Å². The van der Waals surface area contributed by atoms with Gasteiger partial charge in [0.25, 0.3) is 0 Å². The van der Waals surface area contributed by atoms with Crippen molar-refractivity contribution in [3.8, 4) is 0 Å². The lowest BCUT2D eigenvalue weighted by Gasteiger charge is -2.27. The van der Waals surface area contributed by atoms with E-state index in [1.807, 2.05) is 19.6 Å². The summed E-state index contributed by atoms with van der Waals surface area (Å²) in [6.07, 6.45) is 1.43. The summed E-state index contributed by atoms with van der Waals surface area (Å²) in [7, 11) is -2.14. The molecule has 1 aromatic carbocycles. The van der Waals surface area contributed by atoms with Crippen molar-refractivity contribution in [2.45, 2.75) is 38.5 Å². The van der Waals surface area contributed by atoms with Crippen LogP contribution in [0.5, 0.6) is 0 Å². The maximum Gasteiger partial charge on any atom is 0.241 e. The normalized spacial score (nSPS) is 17.8. The van der Waals surface area contributed by atoms with Gasteiger partial charge in [-0.25, -0.2) is 8.78 Å². The number of amides is 1. The van der Waals surface area contributed by atoms with E-state index >= 15 is 0 Å². The maximum atomic E-state index is 14.2. The van der Waals surface area contributed by atoms with Crippen molar-refractivity contribution in [2.75, 3.05) is 18.5 Å². The predicted molar refractivity (Wildman–Crippen MR) is 89.5 cm³/mol. The summed E-state index contributed by atoms with van der Waals surface area (Å²) < 4.78 is 33.7. The number of hydrogen-bond acceptors (Lipinski definition) is 3. The van der Waals surface area contributed by atoms with E-state index in [0.717, 1.165) is 0 Å². The van der Waals surface area contributed by atoms with Gasteiger partial charge < -0.3 is 15.8 Å². The van der Waals surface area contributed by atoms with Gasteiger partial charge in [-0.3, -0.25) is 4.79 Å². The number of carbonyl (C=O) groups excluding carboxylic acids is 1. The highest BCUT2D eigenvalue weighted by Gasteiger charge is 2.28. The topological polar surface area (TPSA) is 64.4 Å². The average Bonchev–Trinajstić information content (AvgIpc) is 2.45. The van der Waals surface area contributed by atoms with Crippen LogP contribution in [-0.4, -0.2) is 33.2 Å². The number of benzene rings is 1. The Kier molecular flexibility index (Phi) is 5.54. The zero-order valence-corrected chi connectivity index (χ0v) is 14.8. The summed E-state index contributed by atoms with van der Waals surface area (Å²) in [5, 5.41) is 2.67. The van der Waals surface area contributed by atoms with E-state index in [2.05, 4.69) is 5.32 Å². The van der Waals surface area contributed by atoms with Gasteiger partial charge >= 0.3 is 0 Å². The fourth-order valence-electron chi connectivity index (χ4n) is 2.88. The van der Waals surface area contributed by atoms with Gasteiger partial charge in [-0.05, 0) is 30.9 Å². The zero-order valence-electron chi connectivity index (χ0n) is 13.8. The van der Waals surface area contributed by atoms with Crippen LogP contribution in [0.25, 0.3) is 0 Å². The standard InChI is InChI=1S/C16H24F2N2O2Si/c1-23(2,3)15-12(17)8-11(9-13(15)18)20-16(21)14(19)10-4-6-22-7-5-10/h8-10,14H,4-7,19H2,1-3H3,(H,20,21). The molecule has 1 aliphatic heterocycles. The van der Waals surface area contributed by atoms with Crippen molar-refractivity contribution in [3.63, 3.8) is 0 Å². The van der Waals surface area contributed by atoms with E-state index in [0.29, 0.717) is 26.1 Å². The molecule has 0 saturated carbocycles. The summed E-state index contributed by atoms with van der Waals surface area (Å²) in [4.78, 5) is 12.2. The summed E-state index contributed by atoms with van der Waals surface area (Å²) in [5.41, 5.74) is 6.07. The second kappa shape index (κ2) is 7.07. The fourth-order valence-corrected chi connectivity index (χ4v) is 4.45. The summed E-state index contributed by atoms with van der Waals surface area (Å²) in [5.74, 6) is -1.62. The molecule has 0 aliphatic carbocycles. The molecule has 1 saturated heterocycles. The number of hydrogen-bond donors (Lipinski definition) is 2. The minimum absolute atomic E-state index is 0.0275. The fraction of sp³-hybridized carbons (Fsp3) is 0.562. The molecular weight excluding hydrogens is 318 g/mol. The number of rotatable bonds is 4. The van der Waals surface area contributed by atoms with Gasteiger partial charge in [-0.2, -0.15) is 0 Å². The van der Waals surface area contributed by atoms with Gasteiger partial charge in [-0.15, -0.1) is 0 Å². The lowest BCUT2D eigenvalue weighted by molar-refractivity contribution is -0.119. The third-order valence-corrected chi connectivity index (χ3v) is 6.11. The van der Waals surface area contributed by atoms with Crippen molar-refractivity contribution in [3.05, 3.63) is 23.8 Å². The highest BCUT2D eigenvalue weighted by Crippen LogP contribution is 2.20. The van der Waals surface area contributed by atoms with E-state index in [1.165, 1.54) is 12.1 Å². The molecule has 1 unspecified atom stereocenters. The second-order valence-electron chi connectivity index (χ2n) is 7.03. The van der Waals surface area contributed by atoms with Gasteiger partial charge in [-0.1, -0.05) is 19.6 Å². The highest BCUT2D eigenvalue weighted by atomic mass is 28.3. The SMILES string of the molecule is C[Si](C)(C)c1c(F)cc(NC(=O)C(N)C2CCOCC2)cc1F. The molecule has 4 nitrogen and oxygen atoms in total. The van der Waals surface area contributed by atoms with Gasteiger partial charge in [0.05, 0.1) is 14.1 Å². The van der Waals surface area contributed by atoms with Gasteiger partial charge in [0.15, 0.2) is 0 Å². The van der Waals surface area contributed by atoms with Crippen LogP contribution in [0, 0.1) is 17.6 Å². The summed E-state index contributed by atoms with van der Waals surface area (Å²) >= 11 is 0. The van der Waals surface area contributed by atoms with Crippen LogP contribution >= 0.6 is 0 Å². The molecule has 0 bridgehead atoms. The van der Waals surface area contributed by atoms with Gasteiger partial charge in [0.1, 0.15) is 11.6 Å². The van der Waals surface area contributed by atoms with Gasteiger partial charge in [0.2, 0.25) is 5.91 Å². The first-order valence-electron chi connectivity index (χ1n) is 7.84. The Balaban J connectivity index is 2.12. The average molecular weight is 342 g/mol. The molecule has 0 spiro atoms. The quantitative estimate of drug-likeness (QED) is 0.825. The van der Waals surface area contributed by atoms with Crippen molar-refractivity contribution in [1.29, 1.82) is 0 Å². The van der Waals surface area contributed by atoms with Crippen molar-refractivity contribution in [1.82, 2.24) is 0 Å². The Bertz CT molecular complexity index is 561. The Morgan fingerprint density at radius 1 is 1.26 bits per heavy atom. The van der Waals surface area contributed by atoms with E-state index in [9.17, 15) is 13.6 Å². The predicted octanol–water partition coefficient (Wildman–Crippen LogP) is 2.20. The van der Waals surface area contributed by atoms with E-state index in [1.54, 1.807) is 0 Å². The Morgan fingerprint density at radius 3 is 2.26 bits per heavy atom. The number of halogens is 2. The minimum atomic E-state index is -2.14. The lowest BCUT2D eigenvalue weighted by atomic mass is 9.92. The van der Waals surface area contributed by atoms with Crippen LogP contribution in [0.4, 0.5) is 14.5 Å². The molecule has 128 valence electrons. The number of ether oxygens (including phenoxy) is 1. The largest absolute Gasteiger partial charge is 0.381 e. The molecule has 23 heavy (non-hydrogen) atoms. The van der Waals surface area contributed by atoms with E-state index in [4.69, 9.17) is 10.5 Å². The first kappa shape index (κ1) is 18.0. The molecule has 1 amide bonds. The third kappa shape index (κ3) is 4.36. The van der Waals surface area contributed by atoms with Crippen LogP contribution in [0.1, 0.15) is 12.8 Å². The first-order chi connectivity index (χ1) is 10.7. The van der Waals surface area contributed by atoms with Crippen LogP contribution in [0.15, 0.2) is 12.1 Å². The summed E-state index contributed by atoms with van der Waals surface area (Å²) in [6, 6.07) is 1.64. The smallest absolute Gasteiger partial charge is 0.241 e. The lowest BCUT2D eigenvalue weighted by Crippen LogP contribution is -2.44. The molecule has 2 rings (SSSR count). The molecule has 3 N–H and O–H groups in total. The van der Waals surface area contributed by atoms with Gasteiger partial charge in [0, 0.05) is 24.1 Å². The molecule has 7 heteroatoms. The molecule has 1 aliphatic rings. The number of nitrogens with one attached hydrogen (secondary N) is 1. The maximum absolute atomic E-state index is 14.2. The Hall–Kier alpha value is -1.31. The molecule has 1 atom stereocenters. The monoisotopic (exact) mass is 342 g/mol. The molecule has 0 radical (unpaired) electrons. The molecule has 1 aromatic rings. The third-order valence-electron chi connectivity index (χ3n) is 4.14. The number of nitrogens with two attached hydrogens (primary N) is 1. The highest BCUT2D eigenvalue weighted by molar-refractivity contribution is 6.88. The number of carbonyl (C=O) groups is 1. The minimum Gasteiger partial charge on any atom is -0.381 e. The molecule has 1 heterocycles. The Morgan fingerprint density at radius 2 is 1.78 bits per heavy atom. The first-order valence-corrected chi connectivity index (χ1v) is 11.3. The number of anilines is 1. The molecule has 1 fully saturated rings. The van der Waals surface area contributed by atoms with Crippen LogP contribution in [0.3, 0.4) is 0 Å². The van der Waals surface area contributed by atoms with Crippen molar-refractivity contribution >= 4 is 24.9 Å².